The lowest BCUT2D eigenvalue weighted by atomic mass is 9.95. The highest BCUT2D eigenvalue weighted by Crippen LogP contribution is 2.28. The summed E-state index contributed by atoms with van der Waals surface area (Å²) in [5.74, 6) is 0. The summed E-state index contributed by atoms with van der Waals surface area (Å²) in [7, 11) is 0. The van der Waals surface area contributed by atoms with Crippen molar-refractivity contribution in [2.75, 3.05) is 19.7 Å². The van der Waals surface area contributed by atoms with E-state index in [9.17, 15) is 0 Å². The van der Waals surface area contributed by atoms with Gasteiger partial charge in [0.15, 0.2) is 0 Å². The first kappa shape index (κ1) is 11.4. The number of likely N-dealkylation sites (tertiary alicyclic amines) is 1. The smallest absolute Gasteiger partial charge is 0.0781 e. The van der Waals surface area contributed by atoms with E-state index in [4.69, 9.17) is 10.5 Å². The lowest BCUT2D eigenvalue weighted by Crippen LogP contribution is -2.51. The molecule has 0 aliphatic carbocycles. The van der Waals surface area contributed by atoms with Crippen LogP contribution in [0.2, 0.25) is 0 Å². The zero-order valence-electron chi connectivity index (χ0n) is 10.0. The van der Waals surface area contributed by atoms with Gasteiger partial charge in [0.2, 0.25) is 0 Å². The van der Waals surface area contributed by atoms with Crippen LogP contribution in [-0.4, -0.2) is 42.3 Å². The molecule has 3 nitrogen and oxygen atoms in total. The predicted molar refractivity (Wildman–Crippen MR) is 61.8 cm³/mol. The van der Waals surface area contributed by atoms with Crippen LogP contribution in [0.15, 0.2) is 0 Å². The molecule has 3 unspecified atom stereocenters. The first-order chi connectivity index (χ1) is 7.09. The van der Waals surface area contributed by atoms with E-state index in [-0.39, 0.29) is 5.60 Å². The van der Waals surface area contributed by atoms with E-state index in [1.807, 2.05) is 0 Å². The lowest BCUT2D eigenvalue weighted by Gasteiger charge is -2.40. The standard InChI is InChI=1S/C12H24N2O/c1-10-8-11(13)4-6-14(10)9-12(2)5-3-7-15-12/h10-11H,3-9,13H2,1-2H3. The van der Waals surface area contributed by atoms with Crippen molar-refractivity contribution in [1.29, 1.82) is 0 Å². The third kappa shape index (κ3) is 2.71. The van der Waals surface area contributed by atoms with Gasteiger partial charge in [-0.1, -0.05) is 0 Å². The Balaban J connectivity index is 1.88. The molecule has 88 valence electrons. The zero-order valence-corrected chi connectivity index (χ0v) is 10.0. The Bertz CT molecular complexity index is 214. The molecule has 0 aromatic rings. The molecule has 0 spiro atoms. The first-order valence-corrected chi connectivity index (χ1v) is 6.23. The number of nitrogens with two attached hydrogens (primary N) is 1. The number of nitrogens with zero attached hydrogens (tertiary/aromatic N) is 1. The second-order valence-electron chi connectivity index (χ2n) is 5.51. The average molecular weight is 212 g/mol. The number of hydrogen-bond acceptors (Lipinski definition) is 3. The monoisotopic (exact) mass is 212 g/mol. The van der Waals surface area contributed by atoms with Gasteiger partial charge in [-0.25, -0.2) is 0 Å². The van der Waals surface area contributed by atoms with Crippen LogP contribution >= 0.6 is 0 Å². The van der Waals surface area contributed by atoms with Crippen LogP contribution < -0.4 is 5.73 Å². The molecule has 2 N–H and O–H groups in total. The highest BCUT2D eigenvalue weighted by atomic mass is 16.5. The molecule has 2 heterocycles. The van der Waals surface area contributed by atoms with Crippen LogP contribution in [0.1, 0.15) is 39.5 Å². The van der Waals surface area contributed by atoms with Gasteiger partial charge in [0.05, 0.1) is 5.60 Å². The summed E-state index contributed by atoms with van der Waals surface area (Å²) < 4.78 is 5.85. The Hall–Kier alpha value is -0.120. The molecular formula is C12H24N2O. The van der Waals surface area contributed by atoms with Crippen LogP contribution in [0.3, 0.4) is 0 Å². The Morgan fingerprint density at radius 2 is 2.33 bits per heavy atom. The van der Waals surface area contributed by atoms with Crippen LogP contribution in [0, 0.1) is 0 Å². The molecule has 0 amide bonds. The van der Waals surface area contributed by atoms with Crippen molar-refractivity contribution in [3.05, 3.63) is 0 Å². The topological polar surface area (TPSA) is 38.5 Å². The Labute approximate surface area is 93.0 Å². The number of rotatable bonds is 2. The summed E-state index contributed by atoms with van der Waals surface area (Å²) in [5, 5.41) is 0. The van der Waals surface area contributed by atoms with Crippen molar-refractivity contribution < 1.29 is 4.74 Å². The minimum absolute atomic E-state index is 0.107. The molecule has 3 atom stereocenters. The molecule has 0 saturated carbocycles. The summed E-state index contributed by atoms with van der Waals surface area (Å²) >= 11 is 0. The highest BCUT2D eigenvalue weighted by Gasteiger charge is 2.34. The van der Waals surface area contributed by atoms with E-state index in [0.29, 0.717) is 12.1 Å². The number of piperidine rings is 1. The van der Waals surface area contributed by atoms with E-state index in [1.165, 1.54) is 12.8 Å². The van der Waals surface area contributed by atoms with Crippen LogP contribution in [0.5, 0.6) is 0 Å². The summed E-state index contributed by atoms with van der Waals surface area (Å²) in [6, 6.07) is 1.03. The molecule has 2 fully saturated rings. The van der Waals surface area contributed by atoms with Crippen molar-refractivity contribution in [2.45, 2.75) is 57.2 Å². The molecule has 2 saturated heterocycles. The summed E-state index contributed by atoms with van der Waals surface area (Å²) in [4.78, 5) is 2.55. The zero-order chi connectivity index (χ0) is 10.9. The normalized spacial score (nSPS) is 43.4. The third-order valence-corrected chi connectivity index (χ3v) is 3.89. The van der Waals surface area contributed by atoms with Gasteiger partial charge in [-0.3, -0.25) is 4.90 Å². The van der Waals surface area contributed by atoms with Crippen molar-refractivity contribution >= 4 is 0 Å². The van der Waals surface area contributed by atoms with Crippen LogP contribution in [0.4, 0.5) is 0 Å². The fraction of sp³-hybridized carbons (Fsp3) is 1.00. The SMILES string of the molecule is CC1CC(N)CCN1CC1(C)CCCO1. The van der Waals surface area contributed by atoms with Crippen molar-refractivity contribution in [1.82, 2.24) is 4.90 Å². The average Bonchev–Trinajstić information content (AvgIpc) is 2.58. The third-order valence-electron chi connectivity index (χ3n) is 3.89. The molecule has 2 aliphatic heterocycles. The van der Waals surface area contributed by atoms with E-state index in [2.05, 4.69) is 18.7 Å². The molecule has 2 rings (SSSR count). The molecule has 3 heteroatoms. The number of hydrogen-bond donors (Lipinski definition) is 1. The van der Waals surface area contributed by atoms with Gasteiger partial charge in [0.1, 0.15) is 0 Å². The highest BCUT2D eigenvalue weighted by molar-refractivity contribution is 4.89. The summed E-state index contributed by atoms with van der Waals surface area (Å²) in [5.41, 5.74) is 6.08. The maximum Gasteiger partial charge on any atom is 0.0781 e. The van der Waals surface area contributed by atoms with Gasteiger partial charge >= 0.3 is 0 Å². The van der Waals surface area contributed by atoms with Gasteiger partial charge in [-0.05, 0) is 39.5 Å². The lowest BCUT2D eigenvalue weighted by molar-refractivity contribution is -0.0247. The largest absolute Gasteiger partial charge is 0.374 e. The molecule has 2 aliphatic rings. The Morgan fingerprint density at radius 1 is 1.53 bits per heavy atom. The molecule has 0 bridgehead atoms. The van der Waals surface area contributed by atoms with E-state index >= 15 is 0 Å². The maximum atomic E-state index is 5.97. The number of ether oxygens (including phenoxy) is 1. The molecule has 15 heavy (non-hydrogen) atoms. The van der Waals surface area contributed by atoms with Crippen LogP contribution in [-0.2, 0) is 4.74 Å². The minimum Gasteiger partial charge on any atom is -0.374 e. The second kappa shape index (κ2) is 4.40. The summed E-state index contributed by atoms with van der Waals surface area (Å²) in [6.45, 7) is 7.71. The van der Waals surface area contributed by atoms with E-state index in [1.54, 1.807) is 0 Å². The fourth-order valence-electron chi connectivity index (χ4n) is 2.88. The van der Waals surface area contributed by atoms with Crippen molar-refractivity contribution in [3.8, 4) is 0 Å². The minimum atomic E-state index is 0.107. The van der Waals surface area contributed by atoms with E-state index < -0.39 is 0 Å². The maximum absolute atomic E-state index is 5.97. The molecule has 0 radical (unpaired) electrons. The van der Waals surface area contributed by atoms with Gasteiger partial charge in [0.25, 0.3) is 0 Å². The second-order valence-corrected chi connectivity index (χ2v) is 5.51. The summed E-state index contributed by atoms with van der Waals surface area (Å²) in [6.07, 6.45) is 4.71. The van der Waals surface area contributed by atoms with Crippen LogP contribution in [0.25, 0.3) is 0 Å². The molecular weight excluding hydrogens is 188 g/mol. The Morgan fingerprint density at radius 3 is 2.93 bits per heavy atom. The van der Waals surface area contributed by atoms with Gasteiger partial charge in [-0.15, -0.1) is 0 Å². The van der Waals surface area contributed by atoms with Crippen molar-refractivity contribution in [3.63, 3.8) is 0 Å². The quantitative estimate of drug-likeness (QED) is 0.751. The first-order valence-electron chi connectivity index (χ1n) is 6.23. The van der Waals surface area contributed by atoms with E-state index in [0.717, 1.165) is 32.5 Å². The van der Waals surface area contributed by atoms with Crippen molar-refractivity contribution in [2.24, 2.45) is 5.73 Å². The predicted octanol–water partition coefficient (Wildman–Crippen LogP) is 1.37. The molecule has 0 aromatic carbocycles. The Kier molecular flexibility index (Phi) is 3.33. The molecule has 0 aromatic heterocycles. The van der Waals surface area contributed by atoms with Gasteiger partial charge < -0.3 is 10.5 Å². The van der Waals surface area contributed by atoms with Gasteiger partial charge in [0, 0.05) is 31.8 Å². The fourth-order valence-corrected chi connectivity index (χ4v) is 2.88. The van der Waals surface area contributed by atoms with Gasteiger partial charge in [-0.2, -0.15) is 0 Å².